The summed E-state index contributed by atoms with van der Waals surface area (Å²) >= 11 is 3.34. The van der Waals surface area contributed by atoms with E-state index in [1.165, 1.54) is 0 Å². The Morgan fingerprint density at radius 3 is 2.87 bits per heavy atom. The van der Waals surface area contributed by atoms with Crippen molar-refractivity contribution in [2.24, 2.45) is 0 Å². The third kappa shape index (κ3) is 1.34. The number of halogens is 1. The predicted molar refractivity (Wildman–Crippen MR) is 55.8 cm³/mol. The van der Waals surface area contributed by atoms with E-state index in [0.717, 1.165) is 4.47 Å². The van der Waals surface area contributed by atoms with Gasteiger partial charge in [0.15, 0.2) is 0 Å². The maximum atomic E-state index is 11.7. The first-order valence-electron chi connectivity index (χ1n) is 4.57. The average molecular weight is 270 g/mol. The van der Waals surface area contributed by atoms with Gasteiger partial charge in [0.1, 0.15) is 19.0 Å². The molecule has 0 saturated carbocycles. The fraction of sp³-hybridized carbons (Fsp3) is 0.300. The third-order valence-corrected chi connectivity index (χ3v) is 3.00. The Kier molecular flexibility index (Phi) is 1.81. The van der Waals surface area contributed by atoms with Gasteiger partial charge in [0.25, 0.3) is 5.91 Å². The lowest BCUT2D eigenvalue weighted by Crippen LogP contribution is -2.67. The first-order chi connectivity index (χ1) is 7.19. The van der Waals surface area contributed by atoms with Gasteiger partial charge in [-0.15, -0.1) is 0 Å². The monoisotopic (exact) mass is 269 g/mol. The first kappa shape index (κ1) is 9.18. The summed E-state index contributed by atoms with van der Waals surface area (Å²) in [4.78, 5) is 11.7. The highest BCUT2D eigenvalue weighted by atomic mass is 79.9. The summed E-state index contributed by atoms with van der Waals surface area (Å²) in [6, 6.07) is 5.35. The summed E-state index contributed by atoms with van der Waals surface area (Å²) in [6.45, 7) is 0.815. The molecule has 0 aromatic heterocycles. The van der Waals surface area contributed by atoms with Gasteiger partial charge >= 0.3 is 0 Å². The van der Waals surface area contributed by atoms with Crippen molar-refractivity contribution in [1.82, 2.24) is 5.32 Å². The minimum atomic E-state index is -0.634. The number of rotatable bonds is 0. The number of hydrogen-bond acceptors (Lipinski definition) is 3. The van der Waals surface area contributed by atoms with Crippen molar-refractivity contribution < 1.29 is 14.3 Å². The molecule has 0 bridgehead atoms. The van der Waals surface area contributed by atoms with Crippen molar-refractivity contribution in [2.75, 3.05) is 13.2 Å². The van der Waals surface area contributed by atoms with Crippen LogP contribution in [-0.2, 0) is 4.74 Å². The molecular formula is C10H8BrNO3. The molecule has 78 valence electrons. The Morgan fingerprint density at radius 2 is 2.20 bits per heavy atom. The van der Waals surface area contributed by atoms with Crippen LogP contribution in [0.25, 0.3) is 0 Å². The molecule has 2 aliphatic heterocycles. The van der Waals surface area contributed by atoms with Crippen LogP contribution in [0.1, 0.15) is 10.4 Å². The van der Waals surface area contributed by atoms with E-state index >= 15 is 0 Å². The van der Waals surface area contributed by atoms with Crippen LogP contribution in [0.4, 0.5) is 0 Å². The van der Waals surface area contributed by atoms with Crippen LogP contribution in [0.3, 0.4) is 0 Å². The molecule has 3 rings (SSSR count). The van der Waals surface area contributed by atoms with Crippen LogP contribution in [0.15, 0.2) is 22.7 Å². The molecule has 0 atom stereocenters. The van der Waals surface area contributed by atoms with Crippen molar-refractivity contribution >= 4 is 21.8 Å². The number of amides is 1. The van der Waals surface area contributed by atoms with E-state index in [1.54, 1.807) is 12.1 Å². The van der Waals surface area contributed by atoms with Crippen molar-refractivity contribution in [3.05, 3.63) is 28.2 Å². The van der Waals surface area contributed by atoms with Gasteiger partial charge in [-0.3, -0.25) is 4.79 Å². The summed E-state index contributed by atoms with van der Waals surface area (Å²) in [5.74, 6) is 0.503. The molecule has 0 aliphatic carbocycles. The van der Waals surface area contributed by atoms with Crippen molar-refractivity contribution in [2.45, 2.75) is 5.72 Å². The fourth-order valence-corrected chi connectivity index (χ4v) is 2.04. The Hall–Kier alpha value is -1.07. The van der Waals surface area contributed by atoms with E-state index in [0.29, 0.717) is 24.5 Å². The highest BCUT2D eigenvalue weighted by Gasteiger charge is 2.46. The minimum absolute atomic E-state index is 0.105. The molecule has 1 saturated heterocycles. The second kappa shape index (κ2) is 2.96. The van der Waals surface area contributed by atoms with Gasteiger partial charge in [0.2, 0.25) is 5.72 Å². The summed E-state index contributed by atoms with van der Waals surface area (Å²) in [5, 5.41) is 2.80. The molecular weight excluding hydrogens is 262 g/mol. The Morgan fingerprint density at radius 1 is 1.40 bits per heavy atom. The van der Waals surface area contributed by atoms with Crippen molar-refractivity contribution in [3.63, 3.8) is 0 Å². The van der Waals surface area contributed by atoms with Gasteiger partial charge in [0.05, 0.1) is 5.56 Å². The van der Waals surface area contributed by atoms with Gasteiger partial charge in [-0.1, -0.05) is 15.9 Å². The van der Waals surface area contributed by atoms with Gasteiger partial charge in [-0.25, -0.2) is 0 Å². The molecule has 1 N–H and O–H groups in total. The molecule has 15 heavy (non-hydrogen) atoms. The molecule has 5 heteroatoms. The van der Waals surface area contributed by atoms with E-state index in [-0.39, 0.29) is 5.91 Å². The maximum absolute atomic E-state index is 11.7. The Balaban J connectivity index is 2.05. The molecule has 2 aliphatic rings. The maximum Gasteiger partial charge on any atom is 0.258 e. The SMILES string of the molecule is O=C1NC2(COC2)Oc2cc(Br)ccc21. The summed E-state index contributed by atoms with van der Waals surface area (Å²) < 4.78 is 11.7. The number of ether oxygens (including phenoxy) is 2. The lowest BCUT2D eigenvalue weighted by molar-refractivity contribution is -0.176. The summed E-state index contributed by atoms with van der Waals surface area (Å²) in [7, 11) is 0. The van der Waals surface area contributed by atoms with Crippen LogP contribution in [0.2, 0.25) is 0 Å². The second-order valence-electron chi connectivity index (χ2n) is 3.68. The zero-order valence-corrected chi connectivity index (χ0v) is 9.33. The van der Waals surface area contributed by atoms with Crippen LogP contribution in [0, 0.1) is 0 Å². The van der Waals surface area contributed by atoms with E-state index in [1.807, 2.05) is 6.07 Å². The molecule has 4 nitrogen and oxygen atoms in total. The number of benzene rings is 1. The number of carbonyl (C=O) groups is 1. The minimum Gasteiger partial charge on any atom is -0.462 e. The smallest absolute Gasteiger partial charge is 0.258 e. The number of hydrogen-bond donors (Lipinski definition) is 1. The van der Waals surface area contributed by atoms with Crippen LogP contribution in [0.5, 0.6) is 5.75 Å². The molecule has 1 fully saturated rings. The summed E-state index contributed by atoms with van der Waals surface area (Å²) in [6.07, 6.45) is 0. The third-order valence-electron chi connectivity index (χ3n) is 2.51. The lowest BCUT2D eigenvalue weighted by Gasteiger charge is -2.44. The zero-order valence-electron chi connectivity index (χ0n) is 7.75. The molecule has 0 radical (unpaired) electrons. The quantitative estimate of drug-likeness (QED) is 0.773. The average Bonchev–Trinajstić information content (AvgIpc) is 2.14. The van der Waals surface area contributed by atoms with Gasteiger partial charge in [-0.2, -0.15) is 0 Å². The van der Waals surface area contributed by atoms with E-state index in [4.69, 9.17) is 9.47 Å². The largest absolute Gasteiger partial charge is 0.462 e. The first-order valence-corrected chi connectivity index (χ1v) is 5.37. The van der Waals surface area contributed by atoms with Crippen LogP contribution >= 0.6 is 15.9 Å². The van der Waals surface area contributed by atoms with Crippen molar-refractivity contribution in [3.8, 4) is 5.75 Å². The van der Waals surface area contributed by atoms with Gasteiger partial charge in [-0.05, 0) is 18.2 Å². The predicted octanol–water partition coefficient (Wildman–Crippen LogP) is 1.30. The highest BCUT2D eigenvalue weighted by molar-refractivity contribution is 9.10. The molecule has 1 aromatic rings. The molecule has 2 heterocycles. The molecule has 0 unspecified atom stereocenters. The summed E-state index contributed by atoms with van der Waals surface area (Å²) in [5.41, 5.74) is -0.0686. The van der Waals surface area contributed by atoms with Crippen molar-refractivity contribution in [1.29, 1.82) is 0 Å². The standard InChI is InChI=1S/C10H8BrNO3/c11-6-1-2-7-8(3-6)15-10(4-14-5-10)12-9(7)13/h1-3H,4-5H2,(H,12,13). The highest BCUT2D eigenvalue weighted by Crippen LogP contribution is 2.33. The second-order valence-corrected chi connectivity index (χ2v) is 4.60. The van der Waals surface area contributed by atoms with E-state index in [2.05, 4.69) is 21.2 Å². The van der Waals surface area contributed by atoms with Crippen LogP contribution in [-0.4, -0.2) is 24.8 Å². The molecule has 1 amide bonds. The van der Waals surface area contributed by atoms with Crippen LogP contribution < -0.4 is 10.1 Å². The van der Waals surface area contributed by atoms with E-state index in [9.17, 15) is 4.79 Å². The van der Waals surface area contributed by atoms with Gasteiger partial charge < -0.3 is 14.8 Å². The number of carbonyl (C=O) groups excluding carboxylic acids is 1. The van der Waals surface area contributed by atoms with E-state index < -0.39 is 5.72 Å². The number of nitrogens with one attached hydrogen (secondary N) is 1. The Labute approximate surface area is 94.7 Å². The molecule has 1 aromatic carbocycles. The lowest BCUT2D eigenvalue weighted by atomic mass is 10.1. The fourth-order valence-electron chi connectivity index (χ4n) is 1.70. The topological polar surface area (TPSA) is 47.6 Å². The normalized spacial score (nSPS) is 21.3. The number of fused-ring (bicyclic) bond motifs is 1. The zero-order chi connectivity index (χ0) is 10.5. The molecule has 1 spiro atoms. The Bertz CT molecular complexity index is 442. The van der Waals surface area contributed by atoms with Gasteiger partial charge in [0, 0.05) is 4.47 Å².